The number of benzene rings is 1. The number of carbonyl (C=O) groups is 1. The van der Waals surface area contributed by atoms with E-state index in [0.717, 1.165) is 29.9 Å². The maximum atomic E-state index is 11.8. The summed E-state index contributed by atoms with van der Waals surface area (Å²) < 4.78 is 10.5. The highest BCUT2D eigenvalue weighted by Gasteiger charge is 2.22. The molecule has 1 aliphatic rings. The van der Waals surface area contributed by atoms with Crippen molar-refractivity contribution in [2.75, 3.05) is 20.3 Å². The van der Waals surface area contributed by atoms with Crippen LogP contribution in [-0.2, 0) is 16.0 Å². The second-order valence-electron chi connectivity index (χ2n) is 3.94. The van der Waals surface area contributed by atoms with Crippen molar-refractivity contribution in [3.63, 3.8) is 0 Å². The van der Waals surface area contributed by atoms with Crippen LogP contribution < -0.4 is 10.1 Å². The van der Waals surface area contributed by atoms with E-state index >= 15 is 0 Å². The Bertz CT molecular complexity index is 417. The van der Waals surface area contributed by atoms with Gasteiger partial charge in [-0.05, 0) is 37.2 Å². The molecule has 1 aliphatic heterocycles. The van der Waals surface area contributed by atoms with E-state index in [1.165, 1.54) is 0 Å². The third kappa shape index (κ3) is 2.42. The molecule has 1 aromatic carbocycles. The number of nitrogens with one attached hydrogen (secondary N) is 1. The first-order valence-electron chi connectivity index (χ1n) is 5.85. The van der Waals surface area contributed by atoms with Crippen LogP contribution in [0.15, 0.2) is 18.2 Å². The largest absolute Gasteiger partial charge is 0.493 e. The zero-order valence-corrected chi connectivity index (χ0v) is 10.2. The topological polar surface area (TPSA) is 47.6 Å². The molecule has 17 heavy (non-hydrogen) atoms. The second-order valence-corrected chi connectivity index (χ2v) is 3.94. The molecule has 0 saturated carbocycles. The van der Waals surface area contributed by atoms with Crippen molar-refractivity contribution >= 4 is 5.97 Å². The minimum Gasteiger partial charge on any atom is -0.493 e. The van der Waals surface area contributed by atoms with Crippen molar-refractivity contribution in [2.45, 2.75) is 19.4 Å². The Labute approximate surface area is 101 Å². The molecule has 1 unspecified atom stereocenters. The number of ether oxygens (including phenoxy) is 2. The van der Waals surface area contributed by atoms with Gasteiger partial charge in [-0.15, -0.1) is 0 Å². The first-order chi connectivity index (χ1) is 8.26. The van der Waals surface area contributed by atoms with E-state index in [0.29, 0.717) is 6.61 Å². The molecule has 4 nitrogen and oxygen atoms in total. The molecule has 1 aromatic rings. The van der Waals surface area contributed by atoms with Gasteiger partial charge in [0.15, 0.2) is 0 Å². The Morgan fingerprint density at radius 3 is 3.12 bits per heavy atom. The van der Waals surface area contributed by atoms with Crippen LogP contribution in [0.1, 0.15) is 24.1 Å². The van der Waals surface area contributed by atoms with Gasteiger partial charge < -0.3 is 14.8 Å². The van der Waals surface area contributed by atoms with Crippen LogP contribution in [0.2, 0.25) is 0 Å². The SMILES string of the molecule is CCOC(=O)C(NC)c1ccc2c(c1)CCO2. The van der Waals surface area contributed by atoms with Gasteiger partial charge in [-0.25, -0.2) is 4.79 Å². The first kappa shape index (κ1) is 11.9. The van der Waals surface area contributed by atoms with Crippen LogP contribution in [0, 0.1) is 0 Å². The molecule has 1 atom stereocenters. The van der Waals surface area contributed by atoms with Crippen LogP contribution in [0.3, 0.4) is 0 Å². The number of likely N-dealkylation sites (N-methyl/N-ethyl adjacent to an activating group) is 1. The molecule has 0 radical (unpaired) electrons. The van der Waals surface area contributed by atoms with Crippen LogP contribution in [0.25, 0.3) is 0 Å². The molecule has 0 fully saturated rings. The van der Waals surface area contributed by atoms with Crippen molar-refractivity contribution in [1.82, 2.24) is 5.32 Å². The molecule has 0 spiro atoms. The number of hydrogen-bond donors (Lipinski definition) is 1. The molecule has 0 bridgehead atoms. The molecule has 0 amide bonds. The van der Waals surface area contributed by atoms with Gasteiger partial charge in [-0.1, -0.05) is 6.07 Å². The van der Waals surface area contributed by atoms with E-state index in [1.807, 2.05) is 18.2 Å². The lowest BCUT2D eigenvalue weighted by molar-refractivity contribution is -0.145. The Balaban J connectivity index is 2.22. The molecule has 92 valence electrons. The van der Waals surface area contributed by atoms with E-state index in [4.69, 9.17) is 9.47 Å². The van der Waals surface area contributed by atoms with Gasteiger partial charge in [0.25, 0.3) is 0 Å². The fourth-order valence-electron chi connectivity index (χ4n) is 2.03. The highest BCUT2D eigenvalue weighted by atomic mass is 16.5. The van der Waals surface area contributed by atoms with Gasteiger partial charge in [-0.2, -0.15) is 0 Å². The number of hydrogen-bond acceptors (Lipinski definition) is 4. The maximum Gasteiger partial charge on any atom is 0.327 e. The number of carbonyl (C=O) groups excluding carboxylic acids is 1. The van der Waals surface area contributed by atoms with Crippen molar-refractivity contribution in [3.05, 3.63) is 29.3 Å². The summed E-state index contributed by atoms with van der Waals surface area (Å²) >= 11 is 0. The van der Waals surface area contributed by atoms with Gasteiger partial charge in [0, 0.05) is 6.42 Å². The summed E-state index contributed by atoms with van der Waals surface area (Å²) in [7, 11) is 1.76. The third-order valence-electron chi connectivity index (χ3n) is 2.86. The molecule has 1 N–H and O–H groups in total. The normalized spacial score (nSPS) is 14.9. The summed E-state index contributed by atoms with van der Waals surface area (Å²) in [6.45, 7) is 2.93. The van der Waals surface area contributed by atoms with E-state index in [2.05, 4.69) is 5.32 Å². The van der Waals surface area contributed by atoms with Crippen LogP contribution in [0.4, 0.5) is 0 Å². The lowest BCUT2D eigenvalue weighted by Crippen LogP contribution is -2.27. The zero-order valence-electron chi connectivity index (χ0n) is 10.2. The summed E-state index contributed by atoms with van der Waals surface area (Å²) in [6, 6.07) is 5.44. The predicted molar refractivity (Wildman–Crippen MR) is 64.1 cm³/mol. The third-order valence-corrected chi connectivity index (χ3v) is 2.86. The van der Waals surface area contributed by atoms with E-state index in [9.17, 15) is 4.79 Å². The predicted octanol–water partition coefficient (Wildman–Crippen LogP) is 1.45. The lowest BCUT2D eigenvalue weighted by atomic mass is 10.0. The molecule has 0 aromatic heterocycles. The highest BCUT2D eigenvalue weighted by Crippen LogP contribution is 2.28. The molecule has 1 heterocycles. The summed E-state index contributed by atoms with van der Waals surface area (Å²) in [6.07, 6.45) is 0.905. The molecule has 0 saturated heterocycles. The summed E-state index contributed by atoms with van der Waals surface area (Å²) in [5, 5.41) is 2.98. The molecule has 2 rings (SSSR count). The maximum absolute atomic E-state index is 11.8. The average molecular weight is 235 g/mol. The average Bonchev–Trinajstić information content (AvgIpc) is 2.77. The van der Waals surface area contributed by atoms with Gasteiger partial charge in [0.05, 0.1) is 13.2 Å². The van der Waals surface area contributed by atoms with E-state index in [-0.39, 0.29) is 5.97 Å². The Kier molecular flexibility index (Phi) is 3.64. The monoisotopic (exact) mass is 235 g/mol. The van der Waals surface area contributed by atoms with E-state index < -0.39 is 6.04 Å². The minimum atomic E-state index is -0.402. The smallest absolute Gasteiger partial charge is 0.327 e. The van der Waals surface area contributed by atoms with Gasteiger partial charge in [0.2, 0.25) is 0 Å². The minimum absolute atomic E-state index is 0.242. The van der Waals surface area contributed by atoms with Gasteiger partial charge in [-0.3, -0.25) is 0 Å². The number of rotatable bonds is 4. The summed E-state index contributed by atoms with van der Waals surface area (Å²) in [5.74, 6) is 0.682. The molecular formula is C13H17NO3. The summed E-state index contributed by atoms with van der Waals surface area (Å²) in [5.41, 5.74) is 2.09. The standard InChI is InChI=1S/C13H17NO3/c1-3-16-13(15)12(14-2)10-4-5-11-9(8-10)6-7-17-11/h4-5,8,12,14H,3,6-7H2,1-2H3. The Morgan fingerprint density at radius 2 is 2.41 bits per heavy atom. The van der Waals surface area contributed by atoms with Crippen molar-refractivity contribution in [2.24, 2.45) is 0 Å². The fourth-order valence-corrected chi connectivity index (χ4v) is 2.03. The van der Waals surface area contributed by atoms with Crippen molar-refractivity contribution < 1.29 is 14.3 Å². The quantitative estimate of drug-likeness (QED) is 0.802. The Hall–Kier alpha value is -1.55. The van der Waals surface area contributed by atoms with Crippen molar-refractivity contribution in [3.8, 4) is 5.75 Å². The first-order valence-corrected chi connectivity index (χ1v) is 5.85. The highest BCUT2D eigenvalue weighted by molar-refractivity contribution is 5.77. The van der Waals surface area contributed by atoms with E-state index in [1.54, 1.807) is 14.0 Å². The zero-order chi connectivity index (χ0) is 12.3. The molecule has 0 aliphatic carbocycles. The van der Waals surface area contributed by atoms with Crippen LogP contribution in [-0.4, -0.2) is 26.2 Å². The van der Waals surface area contributed by atoms with Crippen LogP contribution >= 0.6 is 0 Å². The fraction of sp³-hybridized carbons (Fsp3) is 0.462. The van der Waals surface area contributed by atoms with Crippen LogP contribution in [0.5, 0.6) is 5.75 Å². The van der Waals surface area contributed by atoms with Crippen molar-refractivity contribution in [1.29, 1.82) is 0 Å². The van der Waals surface area contributed by atoms with Gasteiger partial charge >= 0.3 is 5.97 Å². The molecular weight excluding hydrogens is 218 g/mol. The number of fused-ring (bicyclic) bond motifs is 1. The Morgan fingerprint density at radius 1 is 1.59 bits per heavy atom. The van der Waals surface area contributed by atoms with Gasteiger partial charge in [0.1, 0.15) is 11.8 Å². The lowest BCUT2D eigenvalue weighted by Gasteiger charge is -2.15. The summed E-state index contributed by atoms with van der Waals surface area (Å²) in [4.78, 5) is 11.8. The second kappa shape index (κ2) is 5.19. The molecule has 4 heteroatoms. The number of esters is 1.